The van der Waals surface area contributed by atoms with E-state index in [0.717, 1.165) is 27.8 Å². The molecule has 5 rings (SSSR count). The molecule has 2 heterocycles. The third-order valence-corrected chi connectivity index (χ3v) is 7.91. The van der Waals surface area contributed by atoms with Gasteiger partial charge in [0.1, 0.15) is 11.4 Å². The van der Waals surface area contributed by atoms with E-state index in [4.69, 9.17) is 10.0 Å². The van der Waals surface area contributed by atoms with Crippen LogP contribution in [0.25, 0.3) is 22.3 Å². The van der Waals surface area contributed by atoms with Crippen LogP contribution >= 0.6 is 0 Å². The van der Waals surface area contributed by atoms with Crippen LogP contribution in [-0.2, 0) is 11.3 Å². The average molecular weight is 673 g/mol. The van der Waals surface area contributed by atoms with Crippen molar-refractivity contribution in [3.05, 3.63) is 144 Å². The Hall–Kier alpha value is -5.18. The van der Waals surface area contributed by atoms with Crippen molar-refractivity contribution in [1.82, 2.24) is 20.5 Å². The van der Waals surface area contributed by atoms with Crippen molar-refractivity contribution in [2.75, 3.05) is 6.54 Å². The Morgan fingerprint density at radius 3 is 1.66 bits per heavy atom. The minimum atomic E-state index is -0.609. The lowest BCUT2D eigenvalue weighted by atomic mass is 9.98. The van der Waals surface area contributed by atoms with E-state index >= 15 is 0 Å². The molecular formula is C42H48N4O4. The lowest BCUT2D eigenvalue weighted by Gasteiger charge is -2.29. The largest absolute Gasteiger partial charge is 0.296 e. The molecule has 5 aromatic rings. The van der Waals surface area contributed by atoms with E-state index in [1.54, 1.807) is 30.0 Å². The van der Waals surface area contributed by atoms with Crippen LogP contribution in [0.1, 0.15) is 98.0 Å². The van der Waals surface area contributed by atoms with Crippen LogP contribution in [0.5, 0.6) is 0 Å². The second-order valence-corrected chi connectivity index (χ2v) is 13.7. The molecule has 0 fully saturated rings. The summed E-state index contributed by atoms with van der Waals surface area (Å²) in [5, 5.41) is 9.97. The number of hydrogen-bond donors (Lipinski definition) is 2. The Labute approximate surface area is 296 Å². The molecule has 2 amide bonds. The van der Waals surface area contributed by atoms with Crippen molar-refractivity contribution in [3.8, 4) is 22.3 Å². The van der Waals surface area contributed by atoms with E-state index in [1.165, 1.54) is 16.2 Å². The molecule has 0 radical (unpaired) electrons. The van der Waals surface area contributed by atoms with Crippen molar-refractivity contribution >= 4 is 11.8 Å². The fourth-order valence-corrected chi connectivity index (χ4v) is 5.12. The third-order valence-electron chi connectivity index (χ3n) is 7.91. The van der Waals surface area contributed by atoms with Crippen LogP contribution in [-0.4, -0.2) is 44.2 Å². The number of pyridine rings is 2. The first-order valence-corrected chi connectivity index (χ1v) is 17.0. The summed E-state index contributed by atoms with van der Waals surface area (Å²) in [5.41, 5.74) is 9.44. The number of benzene rings is 3. The summed E-state index contributed by atoms with van der Waals surface area (Å²) in [6, 6.07) is 33.9. The molecule has 0 aliphatic carbocycles. The summed E-state index contributed by atoms with van der Waals surface area (Å²) in [6.45, 7) is 14.9. The second kappa shape index (κ2) is 17.5. The minimum Gasteiger partial charge on any atom is -0.288 e. The van der Waals surface area contributed by atoms with Gasteiger partial charge in [-0.1, -0.05) is 119 Å². The number of nitrogens with zero attached hydrogens (tertiary/aromatic N) is 3. The highest BCUT2D eigenvalue weighted by atomic mass is 16.7. The minimum absolute atomic E-state index is 0.186. The number of carbonyl (C=O) groups excluding carboxylic acids is 2. The van der Waals surface area contributed by atoms with Gasteiger partial charge >= 0.3 is 0 Å². The molecule has 8 nitrogen and oxygen atoms in total. The summed E-state index contributed by atoms with van der Waals surface area (Å²) in [5.74, 6) is 0.0876. The quantitative estimate of drug-likeness (QED) is 0.113. The maximum absolute atomic E-state index is 13.2. The molecule has 0 spiro atoms. The van der Waals surface area contributed by atoms with Gasteiger partial charge in [-0.3, -0.25) is 29.6 Å². The van der Waals surface area contributed by atoms with Gasteiger partial charge in [0.2, 0.25) is 0 Å². The number of carbonyl (C=O) groups is 2. The van der Waals surface area contributed by atoms with Crippen molar-refractivity contribution in [3.63, 3.8) is 0 Å². The second-order valence-electron chi connectivity index (χ2n) is 13.7. The van der Waals surface area contributed by atoms with E-state index in [-0.39, 0.29) is 11.6 Å². The molecule has 8 heteroatoms. The van der Waals surface area contributed by atoms with Crippen molar-refractivity contribution < 1.29 is 19.6 Å². The number of nitrogens with one attached hydrogen (secondary N) is 1. The normalized spacial score (nSPS) is 11.2. The van der Waals surface area contributed by atoms with Crippen LogP contribution in [0.3, 0.4) is 0 Å². The van der Waals surface area contributed by atoms with Gasteiger partial charge in [0, 0.05) is 23.5 Å². The molecule has 3 aromatic carbocycles. The summed E-state index contributed by atoms with van der Waals surface area (Å²) < 4.78 is 0. The van der Waals surface area contributed by atoms with Crippen molar-refractivity contribution in [2.45, 2.75) is 72.3 Å². The maximum Gasteiger partial charge on any atom is 0.296 e. The number of hydrogen-bond acceptors (Lipinski definition) is 6. The first kappa shape index (κ1) is 37.6. The standard InChI is InChI=1S/C27H32N2O2.C15H16N2O2/c1-20(2)22-12-9-13-23(18-22)24-14-15-25(28-19-24)26(30)29(31-27(3,4)5)17-16-21-10-7-6-8-11-21;1-10(2)11-4-3-5-12(8-11)13-6-7-14(16-9-13)15(18)17-19/h6-15,18-20H,16-17H2,1-5H3;3-10,19H,1-2H3,(H,17,18). The van der Waals surface area contributed by atoms with E-state index in [0.29, 0.717) is 30.5 Å². The topological polar surface area (TPSA) is 105 Å². The molecule has 0 aliphatic heterocycles. The summed E-state index contributed by atoms with van der Waals surface area (Å²) in [4.78, 5) is 38.8. The fourth-order valence-electron chi connectivity index (χ4n) is 5.12. The maximum atomic E-state index is 13.2. The third kappa shape index (κ3) is 10.9. The molecule has 2 aromatic heterocycles. The Balaban J connectivity index is 0.000000252. The highest BCUT2D eigenvalue weighted by Crippen LogP contribution is 2.25. The van der Waals surface area contributed by atoms with Gasteiger partial charge in [0.05, 0.1) is 12.1 Å². The smallest absolute Gasteiger partial charge is 0.288 e. The zero-order chi connectivity index (χ0) is 36.3. The SMILES string of the molecule is CC(C)c1cccc(-c2ccc(C(=O)N(CCc3ccccc3)OC(C)(C)C)nc2)c1.CC(C)c1cccc(-c2ccc(C(=O)NO)nc2)c1. The van der Waals surface area contributed by atoms with Gasteiger partial charge in [-0.05, 0) is 79.0 Å². The molecule has 0 aliphatic rings. The van der Waals surface area contributed by atoms with Crippen molar-refractivity contribution in [2.24, 2.45) is 0 Å². The Bertz CT molecular complexity index is 1830. The van der Waals surface area contributed by atoms with E-state index in [9.17, 15) is 9.59 Å². The Kier molecular flexibility index (Phi) is 13.1. The lowest BCUT2D eigenvalue weighted by Crippen LogP contribution is -2.40. The summed E-state index contributed by atoms with van der Waals surface area (Å²) in [7, 11) is 0. The van der Waals surface area contributed by atoms with E-state index in [1.807, 2.05) is 63.2 Å². The Morgan fingerprint density at radius 1 is 0.700 bits per heavy atom. The molecule has 50 heavy (non-hydrogen) atoms. The predicted octanol–water partition coefficient (Wildman–Crippen LogP) is 9.28. The first-order valence-electron chi connectivity index (χ1n) is 17.0. The van der Waals surface area contributed by atoms with Gasteiger partial charge in [-0.2, -0.15) is 0 Å². The molecule has 0 saturated carbocycles. The van der Waals surface area contributed by atoms with Crippen LogP contribution in [0.2, 0.25) is 0 Å². The van der Waals surface area contributed by atoms with Crippen LogP contribution < -0.4 is 5.48 Å². The molecule has 0 unspecified atom stereocenters. The van der Waals surface area contributed by atoms with Gasteiger partial charge in [0.25, 0.3) is 11.8 Å². The van der Waals surface area contributed by atoms with Gasteiger partial charge in [-0.15, -0.1) is 0 Å². The zero-order valence-corrected chi connectivity index (χ0v) is 30.1. The number of aromatic nitrogens is 2. The van der Waals surface area contributed by atoms with E-state index < -0.39 is 11.5 Å². The molecule has 2 N–H and O–H groups in total. The number of hydroxylamine groups is 3. The predicted molar refractivity (Wildman–Crippen MR) is 199 cm³/mol. The highest BCUT2D eigenvalue weighted by Gasteiger charge is 2.24. The molecular weight excluding hydrogens is 624 g/mol. The Morgan fingerprint density at radius 2 is 1.22 bits per heavy atom. The first-order chi connectivity index (χ1) is 23.8. The van der Waals surface area contributed by atoms with Crippen LogP contribution in [0, 0.1) is 0 Å². The summed E-state index contributed by atoms with van der Waals surface area (Å²) in [6.07, 6.45) is 4.10. The zero-order valence-electron chi connectivity index (χ0n) is 30.1. The van der Waals surface area contributed by atoms with Crippen LogP contribution in [0.4, 0.5) is 0 Å². The fraction of sp³-hybridized carbons (Fsp3) is 0.286. The van der Waals surface area contributed by atoms with E-state index in [2.05, 4.69) is 86.2 Å². The number of rotatable bonds is 10. The molecule has 0 atom stereocenters. The molecule has 0 bridgehead atoms. The van der Waals surface area contributed by atoms with Gasteiger partial charge in [0.15, 0.2) is 0 Å². The lowest BCUT2D eigenvalue weighted by molar-refractivity contribution is -0.195. The van der Waals surface area contributed by atoms with Crippen molar-refractivity contribution in [1.29, 1.82) is 0 Å². The molecule has 0 saturated heterocycles. The monoisotopic (exact) mass is 672 g/mol. The highest BCUT2D eigenvalue weighted by molar-refractivity contribution is 5.92. The van der Waals surface area contributed by atoms with Crippen LogP contribution in [0.15, 0.2) is 116 Å². The number of amides is 2. The van der Waals surface area contributed by atoms with Gasteiger partial charge < -0.3 is 0 Å². The van der Waals surface area contributed by atoms with Gasteiger partial charge in [-0.25, -0.2) is 10.5 Å². The summed E-state index contributed by atoms with van der Waals surface area (Å²) >= 11 is 0. The molecule has 260 valence electrons. The average Bonchev–Trinajstić information content (AvgIpc) is 3.13.